The van der Waals surface area contributed by atoms with Gasteiger partial charge in [0.2, 0.25) is 0 Å². The molecule has 1 aliphatic rings. The number of halogens is 1. The van der Waals surface area contributed by atoms with E-state index in [9.17, 15) is 17.6 Å². The lowest BCUT2D eigenvalue weighted by Crippen LogP contribution is -2.40. The molecule has 0 unspecified atom stereocenters. The highest BCUT2D eigenvalue weighted by Gasteiger charge is 2.35. The summed E-state index contributed by atoms with van der Waals surface area (Å²) in [6.07, 6.45) is 2.22. The molecule has 2 aromatic carbocycles. The summed E-state index contributed by atoms with van der Waals surface area (Å²) < 4.78 is 43.5. The summed E-state index contributed by atoms with van der Waals surface area (Å²) in [5.41, 5.74) is 1.01. The number of amides is 1. The monoisotopic (exact) mass is 419 g/mol. The van der Waals surface area contributed by atoms with Crippen molar-refractivity contribution in [1.82, 2.24) is 4.90 Å². The van der Waals surface area contributed by atoms with Crippen LogP contribution in [0.3, 0.4) is 0 Å². The Balaban J connectivity index is 1.90. The van der Waals surface area contributed by atoms with E-state index in [0.717, 1.165) is 12.8 Å². The van der Waals surface area contributed by atoms with Gasteiger partial charge >= 0.3 is 0 Å². The van der Waals surface area contributed by atoms with Crippen molar-refractivity contribution >= 4 is 15.7 Å². The van der Waals surface area contributed by atoms with Crippen LogP contribution < -0.4 is 4.74 Å². The van der Waals surface area contributed by atoms with E-state index in [1.807, 2.05) is 0 Å². The Labute approximate surface area is 171 Å². The van der Waals surface area contributed by atoms with Crippen molar-refractivity contribution in [2.24, 2.45) is 0 Å². The topological polar surface area (TPSA) is 63.7 Å². The lowest BCUT2D eigenvalue weighted by Gasteiger charge is -2.29. The van der Waals surface area contributed by atoms with E-state index in [1.165, 1.54) is 12.1 Å². The van der Waals surface area contributed by atoms with E-state index in [1.54, 1.807) is 41.3 Å². The van der Waals surface area contributed by atoms with E-state index in [4.69, 9.17) is 4.74 Å². The average molecular weight is 420 g/mol. The normalized spacial score (nSPS) is 17.8. The standard InChI is InChI=1S/C22H26FNO4S/c1-2-3-12-28-21-10-5-4-9-20(21)22(25)24(19-11-13-29(26,27)16-19)15-17-7-6-8-18(23)14-17/h4-10,14,19H,2-3,11-13,15-16H2,1H3/t19-/m0/s1. The number of para-hydroxylation sites is 1. The minimum atomic E-state index is -3.18. The van der Waals surface area contributed by atoms with Crippen molar-refractivity contribution in [3.63, 3.8) is 0 Å². The van der Waals surface area contributed by atoms with E-state index >= 15 is 0 Å². The highest BCUT2D eigenvalue weighted by Crippen LogP contribution is 2.26. The number of unbranched alkanes of at least 4 members (excludes halogenated alkanes) is 1. The van der Waals surface area contributed by atoms with E-state index in [0.29, 0.717) is 29.9 Å². The largest absolute Gasteiger partial charge is 0.493 e. The molecule has 0 aromatic heterocycles. The zero-order valence-corrected chi connectivity index (χ0v) is 17.3. The first-order valence-corrected chi connectivity index (χ1v) is 11.7. The van der Waals surface area contributed by atoms with Crippen molar-refractivity contribution in [3.8, 4) is 5.75 Å². The second-order valence-corrected chi connectivity index (χ2v) is 9.55. The smallest absolute Gasteiger partial charge is 0.258 e. The van der Waals surface area contributed by atoms with E-state index < -0.39 is 21.7 Å². The van der Waals surface area contributed by atoms with Gasteiger partial charge in [-0.1, -0.05) is 37.6 Å². The molecule has 0 N–H and O–H groups in total. The predicted molar refractivity (Wildman–Crippen MR) is 110 cm³/mol. The molecule has 29 heavy (non-hydrogen) atoms. The molecule has 1 fully saturated rings. The number of rotatable bonds is 8. The molecule has 3 rings (SSSR count). The van der Waals surface area contributed by atoms with Crippen molar-refractivity contribution < 1.29 is 22.3 Å². The summed E-state index contributed by atoms with van der Waals surface area (Å²) in [4.78, 5) is 15.0. The van der Waals surface area contributed by atoms with Gasteiger partial charge in [0.05, 0.1) is 23.7 Å². The van der Waals surface area contributed by atoms with E-state index in [-0.39, 0.29) is 24.0 Å². The average Bonchev–Trinajstić information content (AvgIpc) is 3.06. The molecule has 1 amide bonds. The van der Waals surface area contributed by atoms with Gasteiger partial charge in [0.25, 0.3) is 5.91 Å². The van der Waals surface area contributed by atoms with Crippen LogP contribution in [0.25, 0.3) is 0 Å². The third kappa shape index (κ3) is 5.56. The molecule has 0 bridgehead atoms. The number of ether oxygens (including phenoxy) is 1. The van der Waals surface area contributed by atoms with Crippen molar-refractivity contribution in [2.45, 2.75) is 38.8 Å². The summed E-state index contributed by atoms with van der Waals surface area (Å²) in [6.45, 7) is 2.70. The van der Waals surface area contributed by atoms with Gasteiger partial charge in [-0.15, -0.1) is 0 Å². The van der Waals surface area contributed by atoms with Crippen molar-refractivity contribution in [3.05, 3.63) is 65.5 Å². The molecular formula is C22H26FNO4S. The fraction of sp³-hybridized carbons (Fsp3) is 0.409. The minimum absolute atomic E-state index is 0.0548. The highest BCUT2D eigenvalue weighted by molar-refractivity contribution is 7.91. The Morgan fingerprint density at radius 1 is 1.21 bits per heavy atom. The summed E-state index contributed by atoms with van der Waals surface area (Å²) >= 11 is 0. The van der Waals surface area contributed by atoms with Gasteiger partial charge in [0.1, 0.15) is 11.6 Å². The molecule has 1 saturated heterocycles. The van der Waals surface area contributed by atoms with Crippen LogP contribution in [-0.4, -0.2) is 43.4 Å². The van der Waals surface area contributed by atoms with Gasteiger partial charge in [-0.3, -0.25) is 4.79 Å². The maximum atomic E-state index is 13.7. The molecule has 0 saturated carbocycles. The van der Waals surface area contributed by atoms with Crippen LogP contribution >= 0.6 is 0 Å². The fourth-order valence-electron chi connectivity index (χ4n) is 3.47. The second-order valence-electron chi connectivity index (χ2n) is 7.32. The Morgan fingerprint density at radius 3 is 2.69 bits per heavy atom. The van der Waals surface area contributed by atoms with Crippen molar-refractivity contribution in [1.29, 1.82) is 0 Å². The maximum Gasteiger partial charge on any atom is 0.258 e. The Hall–Kier alpha value is -2.41. The molecule has 2 aromatic rings. The molecular weight excluding hydrogens is 393 g/mol. The zero-order valence-electron chi connectivity index (χ0n) is 16.5. The van der Waals surface area contributed by atoms with Crippen LogP contribution in [0.2, 0.25) is 0 Å². The lowest BCUT2D eigenvalue weighted by molar-refractivity contribution is 0.0676. The second kappa shape index (κ2) is 9.39. The molecule has 0 spiro atoms. The van der Waals surface area contributed by atoms with Crippen LogP contribution in [0.4, 0.5) is 4.39 Å². The fourth-order valence-corrected chi connectivity index (χ4v) is 5.20. The molecule has 0 radical (unpaired) electrons. The van der Waals surface area contributed by atoms with Crippen LogP contribution in [0.15, 0.2) is 48.5 Å². The van der Waals surface area contributed by atoms with Crippen LogP contribution in [-0.2, 0) is 16.4 Å². The number of carbonyl (C=O) groups is 1. The Morgan fingerprint density at radius 2 is 2.00 bits per heavy atom. The van der Waals surface area contributed by atoms with Crippen LogP contribution in [0, 0.1) is 5.82 Å². The lowest BCUT2D eigenvalue weighted by atomic mass is 10.1. The highest BCUT2D eigenvalue weighted by atomic mass is 32.2. The number of benzene rings is 2. The molecule has 1 aliphatic heterocycles. The Kier molecular flexibility index (Phi) is 6.90. The van der Waals surface area contributed by atoms with Gasteiger partial charge < -0.3 is 9.64 Å². The predicted octanol–water partition coefficient (Wildman–Crippen LogP) is 3.83. The van der Waals surface area contributed by atoms with Gasteiger partial charge in [-0.05, 0) is 42.7 Å². The van der Waals surface area contributed by atoms with Gasteiger partial charge in [0, 0.05) is 12.6 Å². The molecule has 156 valence electrons. The summed E-state index contributed by atoms with van der Waals surface area (Å²) in [5, 5.41) is 0. The first-order chi connectivity index (χ1) is 13.9. The summed E-state index contributed by atoms with van der Waals surface area (Å²) in [6, 6.07) is 12.6. The minimum Gasteiger partial charge on any atom is -0.493 e. The van der Waals surface area contributed by atoms with E-state index in [2.05, 4.69) is 6.92 Å². The van der Waals surface area contributed by atoms with Gasteiger partial charge in [-0.2, -0.15) is 0 Å². The summed E-state index contributed by atoms with van der Waals surface area (Å²) in [7, 11) is -3.18. The molecule has 0 aliphatic carbocycles. The number of carbonyl (C=O) groups excluding carboxylic acids is 1. The zero-order chi connectivity index (χ0) is 20.9. The first-order valence-electron chi connectivity index (χ1n) is 9.87. The van der Waals surface area contributed by atoms with Crippen LogP contribution in [0.5, 0.6) is 5.75 Å². The molecule has 7 heteroatoms. The van der Waals surface area contributed by atoms with Crippen molar-refractivity contribution in [2.75, 3.05) is 18.1 Å². The van der Waals surface area contributed by atoms with Crippen LogP contribution in [0.1, 0.15) is 42.1 Å². The maximum absolute atomic E-state index is 13.7. The number of sulfone groups is 1. The molecule has 1 atom stereocenters. The van der Waals surface area contributed by atoms with Gasteiger partial charge in [-0.25, -0.2) is 12.8 Å². The molecule has 1 heterocycles. The van der Waals surface area contributed by atoms with Gasteiger partial charge in [0.15, 0.2) is 9.84 Å². The number of nitrogens with zero attached hydrogens (tertiary/aromatic N) is 1. The molecule has 5 nitrogen and oxygen atoms in total. The number of hydrogen-bond donors (Lipinski definition) is 0. The first kappa shape index (κ1) is 21.3. The SMILES string of the molecule is CCCCOc1ccccc1C(=O)N(Cc1cccc(F)c1)[C@H]1CCS(=O)(=O)C1. The Bertz CT molecular complexity index is 961. The quantitative estimate of drug-likeness (QED) is 0.610. The third-order valence-corrected chi connectivity index (χ3v) is 6.78. The number of hydrogen-bond acceptors (Lipinski definition) is 4. The third-order valence-electron chi connectivity index (χ3n) is 5.02. The summed E-state index contributed by atoms with van der Waals surface area (Å²) in [5.74, 6) is -0.233.